The lowest BCUT2D eigenvalue weighted by molar-refractivity contribution is 0.328. The lowest BCUT2D eigenvalue weighted by Gasteiger charge is -2.16. The zero-order valence-corrected chi connectivity index (χ0v) is 17.3. The van der Waals surface area contributed by atoms with Gasteiger partial charge >= 0.3 is 0 Å². The Morgan fingerprint density at radius 1 is 1.07 bits per heavy atom. The smallest absolute Gasteiger partial charge is 0.0695 e. The largest absolute Gasteiger partial charge is 0.356 e. The van der Waals surface area contributed by atoms with Gasteiger partial charge in [0, 0.05) is 42.1 Å². The topological polar surface area (TPSA) is 56.0 Å². The summed E-state index contributed by atoms with van der Waals surface area (Å²) in [5, 5.41) is 14.1. The molecule has 0 radical (unpaired) electrons. The van der Waals surface area contributed by atoms with Crippen LogP contribution >= 0.6 is 0 Å². The molecule has 1 heterocycles. The minimum Gasteiger partial charge on any atom is -0.356 e. The Labute approximate surface area is 168 Å². The van der Waals surface area contributed by atoms with Crippen molar-refractivity contribution in [2.75, 3.05) is 32.5 Å². The van der Waals surface area contributed by atoms with E-state index in [4.69, 9.17) is 0 Å². The van der Waals surface area contributed by atoms with Gasteiger partial charge in [0.2, 0.25) is 0 Å². The van der Waals surface area contributed by atoms with Gasteiger partial charge in [-0.1, -0.05) is 38.1 Å². The summed E-state index contributed by atoms with van der Waals surface area (Å²) in [6.45, 7) is 7.27. The van der Waals surface area contributed by atoms with E-state index in [2.05, 4.69) is 95.2 Å². The number of rotatable bonds is 9. The van der Waals surface area contributed by atoms with Gasteiger partial charge < -0.3 is 15.5 Å². The minimum absolute atomic E-state index is 0.522. The van der Waals surface area contributed by atoms with E-state index >= 15 is 0 Å². The van der Waals surface area contributed by atoms with Crippen LogP contribution in [0.3, 0.4) is 0 Å². The highest BCUT2D eigenvalue weighted by molar-refractivity contribution is 5.68. The van der Waals surface area contributed by atoms with Crippen molar-refractivity contribution < 1.29 is 0 Å². The van der Waals surface area contributed by atoms with Gasteiger partial charge in [-0.3, -0.25) is 5.10 Å². The highest BCUT2D eigenvalue weighted by atomic mass is 15.1. The summed E-state index contributed by atoms with van der Waals surface area (Å²) in [5.74, 6) is 0.522. The SMILES string of the molecule is CNCCN(C)Cc1cn[nH]c1-c1ccc(Nc2cccc(C(C)C)c2)cc1. The monoisotopic (exact) mass is 377 g/mol. The Kier molecular flexibility index (Phi) is 6.85. The van der Waals surface area contributed by atoms with E-state index in [9.17, 15) is 0 Å². The zero-order chi connectivity index (χ0) is 19.9. The van der Waals surface area contributed by atoms with Gasteiger partial charge in [-0.2, -0.15) is 5.10 Å². The molecule has 3 aromatic rings. The Morgan fingerprint density at radius 3 is 2.57 bits per heavy atom. The molecule has 28 heavy (non-hydrogen) atoms. The van der Waals surface area contributed by atoms with Gasteiger partial charge in [0.15, 0.2) is 0 Å². The first kappa shape index (κ1) is 20.1. The molecule has 0 aliphatic rings. The first-order valence-corrected chi connectivity index (χ1v) is 9.89. The highest BCUT2D eigenvalue weighted by Crippen LogP contribution is 2.26. The molecule has 0 bridgehead atoms. The van der Waals surface area contributed by atoms with Gasteiger partial charge in [-0.15, -0.1) is 0 Å². The van der Waals surface area contributed by atoms with E-state index in [0.29, 0.717) is 5.92 Å². The summed E-state index contributed by atoms with van der Waals surface area (Å²) in [5.41, 5.74) is 6.99. The average Bonchev–Trinajstić information content (AvgIpc) is 3.15. The number of benzene rings is 2. The number of nitrogens with one attached hydrogen (secondary N) is 3. The number of aromatic amines is 1. The molecule has 5 heteroatoms. The molecular formula is C23H31N5. The van der Waals surface area contributed by atoms with Crippen molar-refractivity contribution in [3.63, 3.8) is 0 Å². The Hall–Kier alpha value is -2.63. The summed E-state index contributed by atoms with van der Waals surface area (Å²) in [6, 6.07) is 17.1. The third-order valence-electron chi connectivity index (χ3n) is 4.92. The Morgan fingerprint density at radius 2 is 1.86 bits per heavy atom. The number of aromatic nitrogens is 2. The maximum absolute atomic E-state index is 4.27. The summed E-state index contributed by atoms with van der Waals surface area (Å²) >= 11 is 0. The fourth-order valence-corrected chi connectivity index (χ4v) is 3.22. The van der Waals surface area contributed by atoms with E-state index in [1.165, 1.54) is 11.1 Å². The van der Waals surface area contributed by atoms with Crippen molar-refractivity contribution in [2.45, 2.75) is 26.3 Å². The van der Waals surface area contributed by atoms with Gasteiger partial charge in [0.1, 0.15) is 0 Å². The molecule has 0 amide bonds. The molecule has 1 aromatic heterocycles. The van der Waals surface area contributed by atoms with E-state index < -0.39 is 0 Å². The van der Waals surface area contributed by atoms with Crippen molar-refractivity contribution in [2.24, 2.45) is 0 Å². The van der Waals surface area contributed by atoms with Crippen LogP contribution in [0.4, 0.5) is 11.4 Å². The third-order valence-corrected chi connectivity index (χ3v) is 4.92. The number of anilines is 2. The van der Waals surface area contributed by atoms with Crippen LogP contribution in [-0.4, -0.2) is 42.3 Å². The van der Waals surface area contributed by atoms with Crippen molar-refractivity contribution in [3.8, 4) is 11.3 Å². The molecule has 148 valence electrons. The second-order valence-electron chi connectivity index (χ2n) is 7.59. The molecule has 2 aromatic carbocycles. The Balaban J connectivity index is 1.70. The molecular weight excluding hydrogens is 346 g/mol. The molecule has 0 fully saturated rings. The summed E-state index contributed by atoms with van der Waals surface area (Å²) in [4.78, 5) is 2.29. The molecule has 0 unspecified atom stereocenters. The van der Waals surface area contributed by atoms with Gasteiger partial charge in [0.05, 0.1) is 11.9 Å². The Bertz CT molecular complexity index is 867. The molecule has 0 aliphatic carbocycles. The second kappa shape index (κ2) is 9.53. The van der Waals surface area contributed by atoms with Crippen molar-refractivity contribution >= 4 is 11.4 Å². The van der Waals surface area contributed by atoms with E-state index in [0.717, 1.165) is 42.3 Å². The fraction of sp³-hybridized carbons (Fsp3) is 0.348. The van der Waals surface area contributed by atoms with E-state index in [1.54, 1.807) is 0 Å². The number of likely N-dealkylation sites (N-methyl/N-ethyl adjacent to an activating group) is 2. The first-order valence-electron chi connectivity index (χ1n) is 9.89. The molecule has 0 saturated heterocycles. The summed E-state index contributed by atoms with van der Waals surface area (Å²) < 4.78 is 0. The van der Waals surface area contributed by atoms with Gasteiger partial charge in [-0.25, -0.2) is 0 Å². The lowest BCUT2D eigenvalue weighted by atomic mass is 10.0. The van der Waals surface area contributed by atoms with Crippen LogP contribution in [0, 0.1) is 0 Å². The van der Waals surface area contributed by atoms with Crippen LogP contribution in [0.5, 0.6) is 0 Å². The molecule has 0 spiro atoms. The number of nitrogens with zero attached hydrogens (tertiary/aromatic N) is 2. The van der Waals surface area contributed by atoms with Gasteiger partial charge in [0.25, 0.3) is 0 Å². The second-order valence-corrected chi connectivity index (χ2v) is 7.59. The standard InChI is InChI=1S/C23H31N5/c1-17(2)19-6-5-7-22(14-19)26-21-10-8-18(9-11-21)23-20(15-25-27-23)16-28(4)13-12-24-3/h5-11,14-15,17,24,26H,12-13,16H2,1-4H3,(H,25,27). The maximum Gasteiger partial charge on any atom is 0.0695 e. The molecule has 0 aliphatic heterocycles. The van der Waals surface area contributed by atoms with Crippen molar-refractivity contribution in [1.29, 1.82) is 0 Å². The first-order chi connectivity index (χ1) is 13.6. The number of hydrogen-bond acceptors (Lipinski definition) is 4. The lowest BCUT2D eigenvalue weighted by Crippen LogP contribution is -2.26. The number of hydrogen-bond donors (Lipinski definition) is 3. The van der Waals surface area contributed by atoms with E-state index in [-0.39, 0.29) is 0 Å². The predicted molar refractivity (Wildman–Crippen MR) is 118 cm³/mol. The predicted octanol–water partition coefficient (Wildman–Crippen LogP) is 4.59. The summed E-state index contributed by atoms with van der Waals surface area (Å²) in [7, 11) is 4.11. The molecule has 3 rings (SSSR count). The quantitative estimate of drug-likeness (QED) is 0.510. The van der Waals surface area contributed by atoms with Crippen molar-refractivity contribution in [1.82, 2.24) is 20.4 Å². The maximum atomic E-state index is 4.27. The van der Waals surface area contributed by atoms with Crippen molar-refractivity contribution in [3.05, 3.63) is 65.9 Å². The zero-order valence-electron chi connectivity index (χ0n) is 17.3. The molecule has 0 atom stereocenters. The highest BCUT2D eigenvalue weighted by Gasteiger charge is 2.10. The van der Waals surface area contributed by atoms with Crippen LogP contribution in [0.15, 0.2) is 54.7 Å². The number of H-pyrrole nitrogens is 1. The molecule has 0 saturated carbocycles. The van der Waals surface area contributed by atoms with Crippen LogP contribution in [-0.2, 0) is 6.54 Å². The van der Waals surface area contributed by atoms with E-state index in [1.807, 2.05) is 13.2 Å². The van der Waals surface area contributed by atoms with Crippen LogP contribution in [0.25, 0.3) is 11.3 Å². The third kappa shape index (κ3) is 5.21. The fourth-order valence-electron chi connectivity index (χ4n) is 3.22. The average molecular weight is 378 g/mol. The molecule has 5 nitrogen and oxygen atoms in total. The minimum atomic E-state index is 0.522. The van der Waals surface area contributed by atoms with Gasteiger partial charge in [-0.05, 0) is 49.8 Å². The van der Waals surface area contributed by atoms with Crippen LogP contribution < -0.4 is 10.6 Å². The van der Waals surface area contributed by atoms with Crippen LogP contribution in [0.1, 0.15) is 30.9 Å². The van der Waals surface area contributed by atoms with Crippen LogP contribution in [0.2, 0.25) is 0 Å². The normalized spacial score (nSPS) is 11.4. The molecule has 3 N–H and O–H groups in total. The summed E-state index contributed by atoms with van der Waals surface area (Å²) in [6.07, 6.45) is 1.93.